The number of anilines is 1. The standard InChI is InChI=1S/C24H27N5O4S2/c1-29-21(14-25-22(30)11-9-16-8-10-19(32-2)20(12-16)33-3)27-28-24(29)35-15-23(31)26-17-6-5-7-18(13-17)34-4/h5-13H,14-15H2,1-4H3,(H,25,30)(H,26,31)/b11-9+. The van der Waals surface area contributed by atoms with Crippen molar-refractivity contribution in [2.75, 3.05) is 31.5 Å². The van der Waals surface area contributed by atoms with Crippen LogP contribution in [-0.2, 0) is 23.2 Å². The lowest BCUT2D eigenvalue weighted by Gasteiger charge is -2.07. The van der Waals surface area contributed by atoms with Crippen LogP contribution in [0.4, 0.5) is 5.69 Å². The second kappa shape index (κ2) is 12.9. The van der Waals surface area contributed by atoms with Crippen LogP contribution < -0.4 is 20.1 Å². The molecule has 9 nitrogen and oxygen atoms in total. The Morgan fingerprint density at radius 3 is 2.63 bits per heavy atom. The smallest absolute Gasteiger partial charge is 0.244 e. The van der Waals surface area contributed by atoms with Gasteiger partial charge in [0.2, 0.25) is 11.8 Å². The number of nitrogens with one attached hydrogen (secondary N) is 2. The predicted octanol–water partition coefficient (Wildman–Crippen LogP) is 3.61. The summed E-state index contributed by atoms with van der Waals surface area (Å²) in [6.45, 7) is 0.201. The van der Waals surface area contributed by atoms with Crippen molar-refractivity contribution in [3.63, 3.8) is 0 Å². The molecule has 0 saturated carbocycles. The van der Waals surface area contributed by atoms with Gasteiger partial charge in [-0.2, -0.15) is 0 Å². The van der Waals surface area contributed by atoms with Crippen molar-refractivity contribution < 1.29 is 19.1 Å². The van der Waals surface area contributed by atoms with Crippen LogP contribution in [0.2, 0.25) is 0 Å². The fraction of sp³-hybridized carbons (Fsp3) is 0.250. The van der Waals surface area contributed by atoms with E-state index in [1.54, 1.807) is 55.8 Å². The van der Waals surface area contributed by atoms with E-state index in [2.05, 4.69) is 20.8 Å². The van der Waals surface area contributed by atoms with Crippen molar-refractivity contribution in [2.24, 2.45) is 7.05 Å². The molecule has 3 aromatic rings. The van der Waals surface area contributed by atoms with Crippen LogP contribution in [0.15, 0.2) is 58.6 Å². The van der Waals surface area contributed by atoms with Gasteiger partial charge in [0.25, 0.3) is 0 Å². The van der Waals surface area contributed by atoms with E-state index >= 15 is 0 Å². The molecule has 1 aromatic heterocycles. The first-order chi connectivity index (χ1) is 16.9. The molecule has 0 radical (unpaired) electrons. The maximum absolute atomic E-state index is 12.3. The van der Waals surface area contributed by atoms with Gasteiger partial charge in [-0.1, -0.05) is 23.9 Å². The van der Waals surface area contributed by atoms with Crippen LogP contribution in [0, 0.1) is 0 Å². The summed E-state index contributed by atoms with van der Waals surface area (Å²) >= 11 is 2.89. The lowest BCUT2D eigenvalue weighted by atomic mass is 10.2. The minimum atomic E-state index is -0.274. The van der Waals surface area contributed by atoms with Crippen LogP contribution in [0.1, 0.15) is 11.4 Å². The Morgan fingerprint density at radius 1 is 1.09 bits per heavy atom. The number of aromatic nitrogens is 3. The highest BCUT2D eigenvalue weighted by atomic mass is 32.2. The molecule has 0 unspecified atom stereocenters. The van der Waals surface area contributed by atoms with Crippen molar-refractivity contribution in [3.8, 4) is 11.5 Å². The van der Waals surface area contributed by atoms with Gasteiger partial charge in [-0.05, 0) is 48.2 Å². The number of carbonyl (C=O) groups is 2. The number of ether oxygens (including phenoxy) is 2. The molecule has 0 aliphatic heterocycles. The molecule has 0 saturated heterocycles. The largest absolute Gasteiger partial charge is 0.493 e. The fourth-order valence-corrected chi connectivity index (χ4v) is 4.20. The number of benzene rings is 2. The Hall–Kier alpha value is -3.44. The molecule has 0 fully saturated rings. The van der Waals surface area contributed by atoms with Gasteiger partial charge >= 0.3 is 0 Å². The molecular weight excluding hydrogens is 486 g/mol. The normalized spacial score (nSPS) is 10.9. The van der Waals surface area contributed by atoms with Crippen LogP contribution in [0.3, 0.4) is 0 Å². The molecule has 2 amide bonds. The van der Waals surface area contributed by atoms with E-state index in [4.69, 9.17) is 9.47 Å². The quantitative estimate of drug-likeness (QED) is 0.296. The van der Waals surface area contributed by atoms with Gasteiger partial charge in [-0.25, -0.2) is 0 Å². The van der Waals surface area contributed by atoms with E-state index < -0.39 is 0 Å². The van der Waals surface area contributed by atoms with Gasteiger partial charge in [0.15, 0.2) is 22.5 Å². The summed E-state index contributed by atoms with van der Waals surface area (Å²) in [5.41, 5.74) is 1.55. The molecule has 2 aromatic carbocycles. The lowest BCUT2D eigenvalue weighted by molar-refractivity contribution is -0.116. The zero-order valence-electron chi connectivity index (χ0n) is 19.9. The zero-order valence-corrected chi connectivity index (χ0v) is 21.5. The van der Waals surface area contributed by atoms with Crippen molar-refractivity contribution in [2.45, 2.75) is 16.6 Å². The Labute approximate surface area is 212 Å². The van der Waals surface area contributed by atoms with Crippen LogP contribution in [0.25, 0.3) is 6.08 Å². The molecule has 0 aliphatic carbocycles. The first-order valence-corrected chi connectivity index (χ1v) is 12.8. The summed E-state index contributed by atoms with van der Waals surface area (Å²) in [5.74, 6) is 1.56. The molecule has 0 spiro atoms. The van der Waals surface area contributed by atoms with Crippen LogP contribution in [-0.4, -0.2) is 52.8 Å². The summed E-state index contributed by atoms with van der Waals surface area (Å²) in [6, 6.07) is 13.1. The second-order valence-corrected chi connectivity index (χ2v) is 9.01. The maximum atomic E-state index is 12.3. The maximum Gasteiger partial charge on any atom is 0.244 e. The molecule has 0 atom stereocenters. The van der Waals surface area contributed by atoms with Gasteiger partial charge in [0, 0.05) is 23.7 Å². The first-order valence-electron chi connectivity index (χ1n) is 10.6. The summed E-state index contributed by atoms with van der Waals surface area (Å²) in [4.78, 5) is 25.6. The van der Waals surface area contributed by atoms with Gasteiger partial charge < -0.3 is 24.7 Å². The Morgan fingerprint density at radius 2 is 1.89 bits per heavy atom. The Bertz CT molecular complexity index is 1210. The average molecular weight is 514 g/mol. The number of hydrogen-bond donors (Lipinski definition) is 2. The highest BCUT2D eigenvalue weighted by Gasteiger charge is 2.12. The summed E-state index contributed by atoms with van der Waals surface area (Å²) < 4.78 is 12.2. The SMILES string of the molecule is COc1ccc(/C=C/C(=O)NCc2nnc(SCC(=O)Nc3cccc(SC)c3)n2C)cc1OC. The van der Waals surface area contributed by atoms with Gasteiger partial charge in [0.05, 0.1) is 26.5 Å². The zero-order chi connectivity index (χ0) is 25.2. The first kappa shape index (κ1) is 26.2. The Kier molecular flexibility index (Phi) is 9.62. The highest BCUT2D eigenvalue weighted by Crippen LogP contribution is 2.28. The number of thioether (sulfide) groups is 2. The molecule has 11 heteroatoms. The van der Waals surface area contributed by atoms with E-state index in [1.807, 2.05) is 36.6 Å². The average Bonchev–Trinajstić information content (AvgIpc) is 3.23. The third kappa shape index (κ3) is 7.52. The topological polar surface area (TPSA) is 107 Å². The molecular formula is C24H27N5O4S2. The van der Waals surface area contributed by atoms with Crippen molar-refractivity contribution in [1.29, 1.82) is 0 Å². The van der Waals surface area contributed by atoms with Gasteiger partial charge in [-0.3, -0.25) is 9.59 Å². The minimum absolute atomic E-state index is 0.133. The van der Waals surface area contributed by atoms with Crippen molar-refractivity contribution in [3.05, 3.63) is 59.9 Å². The molecule has 2 N–H and O–H groups in total. The van der Waals surface area contributed by atoms with E-state index in [-0.39, 0.29) is 24.1 Å². The molecule has 184 valence electrons. The van der Waals surface area contributed by atoms with Crippen LogP contribution in [0.5, 0.6) is 11.5 Å². The van der Waals surface area contributed by atoms with Gasteiger partial charge in [0.1, 0.15) is 0 Å². The number of methoxy groups -OCH3 is 2. The summed E-state index contributed by atoms with van der Waals surface area (Å²) in [5, 5.41) is 14.5. The van der Waals surface area contributed by atoms with E-state index in [0.717, 1.165) is 16.1 Å². The summed E-state index contributed by atoms with van der Waals surface area (Å²) in [7, 11) is 4.92. The predicted molar refractivity (Wildman–Crippen MR) is 139 cm³/mol. The molecule has 0 aliphatic rings. The third-order valence-electron chi connectivity index (χ3n) is 4.87. The number of nitrogens with zero attached hydrogens (tertiary/aromatic N) is 3. The molecule has 0 bridgehead atoms. The Balaban J connectivity index is 1.49. The number of amides is 2. The minimum Gasteiger partial charge on any atom is -0.493 e. The molecule has 35 heavy (non-hydrogen) atoms. The van der Waals surface area contributed by atoms with Gasteiger partial charge in [-0.15, -0.1) is 22.0 Å². The molecule has 3 rings (SSSR count). The molecule has 1 heterocycles. The number of rotatable bonds is 11. The fourth-order valence-electron chi connectivity index (χ4n) is 3.01. The highest BCUT2D eigenvalue weighted by molar-refractivity contribution is 7.99. The number of carbonyl (C=O) groups excluding carboxylic acids is 2. The second-order valence-electron chi connectivity index (χ2n) is 7.19. The van der Waals surface area contributed by atoms with E-state index in [0.29, 0.717) is 22.5 Å². The van der Waals surface area contributed by atoms with Crippen molar-refractivity contribution in [1.82, 2.24) is 20.1 Å². The van der Waals surface area contributed by atoms with E-state index in [1.165, 1.54) is 17.8 Å². The number of hydrogen-bond acceptors (Lipinski definition) is 8. The van der Waals surface area contributed by atoms with Crippen LogP contribution >= 0.6 is 23.5 Å². The summed E-state index contributed by atoms with van der Waals surface area (Å²) in [6.07, 6.45) is 5.10. The third-order valence-corrected chi connectivity index (χ3v) is 6.61. The monoisotopic (exact) mass is 513 g/mol. The van der Waals surface area contributed by atoms with Crippen molar-refractivity contribution >= 4 is 47.1 Å². The van der Waals surface area contributed by atoms with E-state index in [9.17, 15) is 9.59 Å². The lowest BCUT2D eigenvalue weighted by Crippen LogP contribution is -2.22.